The Morgan fingerprint density at radius 3 is 2.23 bits per heavy atom. The lowest BCUT2D eigenvalue weighted by molar-refractivity contribution is -0.123. The summed E-state index contributed by atoms with van der Waals surface area (Å²) in [6.45, 7) is 1.99. The van der Waals surface area contributed by atoms with Gasteiger partial charge in [0.15, 0.2) is 0 Å². The number of ether oxygens (including phenoxy) is 3. The number of hydrogen-bond donors (Lipinski definition) is 3. The van der Waals surface area contributed by atoms with Crippen LogP contribution in [-0.4, -0.2) is 45.9 Å². The van der Waals surface area contributed by atoms with Crippen molar-refractivity contribution < 1.29 is 19.0 Å². The van der Waals surface area contributed by atoms with E-state index in [-0.39, 0.29) is 23.4 Å². The molecule has 4 rings (SSSR count). The van der Waals surface area contributed by atoms with Crippen LogP contribution < -0.4 is 25.6 Å². The van der Waals surface area contributed by atoms with Crippen LogP contribution >= 0.6 is 0 Å². The van der Waals surface area contributed by atoms with Gasteiger partial charge in [-0.2, -0.15) is 0 Å². The highest BCUT2D eigenvalue weighted by Gasteiger charge is 2.37. The summed E-state index contributed by atoms with van der Waals surface area (Å²) in [4.78, 5) is 13.0. The van der Waals surface area contributed by atoms with Crippen LogP contribution in [-0.2, 0) is 14.9 Å². The summed E-state index contributed by atoms with van der Waals surface area (Å²) in [5, 5.41) is 3.20. The maximum absolute atomic E-state index is 13.0. The Labute approximate surface area is 183 Å². The largest absolute Gasteiger partial charge is 0.497 e. The molecule has 2 aromatic rings. The average molecular weight is 426 g/mol. The third-order valence-corrected chi connectivity index (χ3v) is 6.49. The lowest BCUT2D eigenvalue weighted by atomic mass is 9.74. The number of amides is 1. The van der Waals surface area contributed by atoms with Gasteiger partial charge in [0.2, 0.25) is 5.91 Å². The van der Waals surface area contributed by atoms with E-state index >= 15 is 0 Å². The van der Waals surface area contributed by atoms with E-state index in [2.05, 4.69) is 28.3 Å². The summed E-state index contributed by atoms with van der Waals surface area (Å²) in [6, 6.07) is 15.9. The minimum absolute atomic E-state index is 0.0166. The number of carbonyl (C=O) groups excluding carboxylic acids is 1. The Morgan fingerprint density at radius 2 is 1.61 bits per heavy atom. The van der Waals surface area contributed by atoms with Crippen molar-refractivity contribution in [3.05, 3.63) is 59.7 Å². The van der Waals surface area contributed by atoms with Crippen molar-refractivity contribution in [2.24, 2.45) is 0 Å². The van der Waals surface area contributed by atoms with Crippen molar-refractivity contribution in [2.45, 2.75) is 36.8 Å². The molecule has 7 heteroatoms. The number of hydrazine groups is 1. The monoisotopic (exact) mass is 425 g/mol. The smallest absolute Gasteiger partial charge is 0.238 e. The van der Waals surface area contributed by atoms with Gasteiger partial charge in [0.1, 0.15) is 17.5 Å². The third-order valence-electron chi connectivity index (χ3n) is 6.49. The number of nitrogens with one attached hydrogen (secondary N) is 3. The van der Waals surface area contributed by atoms with Gasteiger partial charge in [0, 0.05) is 31.2 Å². The van der Waals surface area contributed by atoms with Crippen molar-refractivity contribution >= 4 is 5.91 Å². The molecule has 1 amide bonds. The number of benzene rings is 2. The maximum atomic E-state index is 13.0. The Balaban J connectivity index is 1.38. The fourth-order valence-electron chi connectivity index (χ4n) is 4.44. The van der Waals surface area contributed by atoms with Gasteiger partial charge in [-0.15, -0.1) is 0 Å². The van der Waals surface area contributed by atoms with Crippen LogP contribution in [0.1, 0.15) is 36.4 Å². The van der Waals surface area contributed by atoms with E-state index in [1.807, 2.05) is 36.4 Å². The normalized spacial score (nSPS) is 22.6. The summed E-state index contributed by atoms with van der Waals surface area (Å²) < 4.78 is 16.1. The molecule has 2 unspecified atom stereocenters. The van der Waals surface area contributed by atoms with Gasteiger partial charge < -0.3 is 19.5 Å². The SMILES string of the molecule is COc1ccc(C2CC(C(=O)NCC3(c4ccc(OC)cc4)CCOCC3)NN2)cc1. The molecule has 2 fully saturated rings. The molecule has 2 saturated heterocycles. The van der Waals surface area contributed by atoms with Gasteiger partial charge in [-0.3, -0.25) is 4.79 Å². The first-order valence-corrected chi connectivity index (χ1v) is 10.8. The number of hydrogen-bond acceptors (Lipinski definition) is 6. The maximum Gasteiger partial charge on any atom is 0.238 e. The molecule has 0 saturated carbocycles. The molecular weight excluding hydrogens is 394 g/mol. The standard InChI is InChI=1S/C24H31N3O4/c1-29-19-7-3-17(4-8-19)21-15-22(27-26-21)23(28)25-16-24(11-13-31-14-12-24)18-5-9-20(30-2)10-6-18/h3-10,21-22,26-27H,11-16H2,1-2H3,(H,25,28). The van der Waals surface area contributed by atoms with Gasteiger partial charge >= 0.3 is 0 Å². The average Bonchev–Trinajstić information content (AvgIpc) is 3.34. The van der Waals surface area contributed by atoms with E-state index in [0.717, 1.165) is 29.9 Å². The molecule has 2 aliphatic heterocycles. The van der Waals surface area contributed by atoms with Crippen LogP contribution in [0, 0.1) is 0 Å². The van der Waals surface area contributed by atoms with Crippen molar-refractivity contribution in [3.63, 3.8) is 0 Å². The van der Waals surface area contributed by atoms with Crippen LogP contribution in [0.3, 0.4) is 0 Å². The molecule has 31 heavy (non-hydrogen) atoms. The fourth-order valence-corrected chi connectivity index (χ4v) is 4.44. The Morgan fingerprint density at radius 1 is 1.00 bits per heavy atom. The molecule has 0 aromatic heterocycles. The van der Waals surface area contributed by atoms with Gasteiger partial charge in [-0.1, -0.05) is 24.3 Å². The highest BCUT2D eigenvalue weighted by molar-refractivity contribution is 5.82. The first-order chi connectivity index (χ1) is 15.1. The predicted molar refractivity (Wildman–Crippen MR) is 118 cm³/mol. The van der Waals surface area contributed by atoms with Gasteiger partial charge in [-0.05, 0) is 54.7 Å². The number of methoxy groups -OCH3 is 2. The molecule has 0 bridgehead atoms. The molecule has 2 atom stereocenters. The molecule has 2 heterocycles. The first kappa shape index (κ1) is 21.6. The van der Waals surface area contributed by atoms with Crippen LogP contribution in [0.15, 0.2) is 48.5 Å². The van der Waals surface area contributed by atoms with Gasteiger partial charge in [0.05, 0.1) is 14.2 Å². The van der Waals surface area contributed by atoms with Crippen LogP contribution in [0.4, 0.5) is 0 Å². The summed E-state index contributed by atoms with van der Waals surface area (Å²) in [5.74, 6) is 1.67. The molecule has 2 aliphatic rings. The Bertz CT molecular complexity index is 863. The third kappa shape index (κ3) is 4.84. The van der Waals surface area contributed by atoms with Crippen molar-refractivity contribution in [2.75, 3.05) is 34.0 Å². The van der Waals surface area contributed by atoms with E-state index < -0.39 is 0 Å². The molecule has 2 aromatic carbocycles. The zero-order valence-electron chi connectivity index (χ0n) is 18.1. The lowest BCUT2D eigenvalue weighted by Gasteiger charge is -2.38. The second kappa shape index (κ2) is 9.68. The number of rotatable bonds is 7. The van der Waals surface area contributed by atoms with E-state index in [1.54, 1.807) is 14.2 Å². The zero-order chi connectivity index (χ0) is 21.7. The first-order valence-electron chi connectivity index (χ1n) is 10.8. The summed E-state index contributed by atoms with van der Waals surface area (Å²) in [7, 11) is 3.32. The second-order valence-corrected chi connectivity index (χ2v) is 8.24. The Kier molecular flexibility index (Phi) is 6.75. The molecule has 3 N–H and O–H groups in total. The van der Waals surface area contributed by atoms with Crippen molar-refractivity contribution in [3.8, 4) is 11.5 Å². The zero-order valence-corrected chi connectivity index (χ0v) is 18.1. The molecule has 7 nitrogen and oxygen atoms in total. The highest BCUT2D eigenvalue weighted by atomic mass is 16.5. The molecule has 0 spiro atoms. The summed E-state index contributed by atoms with van der Waals surface area (Å²) in [6.07, 6.45) is 2.45. The van der Waals surface area contributed by atoms with E-state index in [4.69, 9.17) is 14.2 Å². The molecule has 0 aliphatic carbocycles. The van der Waals surface area contributed by atoms with Crippen molar-refractivity contribution in [1.29, 1.82) is 0 Å². The number of carbonyl (C=O) groups is 1. The van der Waals surface area contributed by atoms with E-state index in [1.165, 1.54) is 5.56 Å². The second-order valence-electron chi connectivity index (χ2n) is 8.24. The predicted octanol–water partition coefficient (Wildman–Crippen LogP) is 2.48. The highest BCUT2D eigenvalue weighted by Crippen LogP contribution is 2.35. The van der Waals surface area contributed by atoms with Crippen molar-refractivity contribution in [1.82, 2.24) is 16.2 Å². The fraction of sp³-hybridized carbons (Fsp3) is 0.458. The summed E-state index contributed by atoms with van der Waals surface area (Å²) >= 11 is 0. The molecule has 0 radical (unpaired) electrons. The van der Waals surface area contributed by atoms with Crippen LogP contribution in [0.2, 0.25) is 0 Å². The van der Waals surface area contributed by atoms with Gasteiger partial charge in [-0.25, -0.2) is 10.9 Å². The topological polar surface area (TPSA) is 80.9 Å². The minimum atomic E-state index is -0.278. The van der Waals surface area contributed by atoms with Crippen LogP contribution in [0.5, 0.6) is 11.5 Å². The quantitative estimate of drug-likeness (QED) is 0.632. The van der Waals surface area contributed by atoms with Gasteiger partial charge in [0.25, 0.3) is 0 Å². The lowest BCUT2D eigenvalue weighted by Crippen LogP contribution is -2.49. The van der Waals surface area contributed by atoms with E-state index in [9.17, 15) is 4.79 Å². The van der Waals surface area contributed by atoms with Crippen LogP contribution in [0.25, 0.3) is 0 Å². The minimum Gasteiger partial charge on any atom is -0.497 e. The molecule has 166 valence electrons. The van der Waals surface area contributed by atoms with E-state index in [0.29, 0.717) is 26.2 Å². The Hall–Kier alpha value is -2.61. The summed E-state index contributed by atoms with van der Waals surface area (Å²) in [5.41, 5.74) is 8.62. The molecular formula is C24H31N3O4.